The summed E-state index contributed by atoms with van der Waals surface area (Å²) in [6, 6.07) is 3.89. The average Bonchev–Trinajstić information content (AvgIpc) is 2.78. The van der Waals surface area contributed by atoms with Gasteiger partial charge < -0.3 is 10.1 Å². The third kappa shape index (κ3) is 1.99. The Hall–Kier alpha value is -1.42. The van der Waals surface area contributed by atoms with E-state index in [4.69, 9.17) is 4.74 Å². The van der Waals surface area contributed by atoms with Gasteiger partial charge in [0.1, 0.15) is 0 Å². The highest BCUT2D eigenvalue weighted by atomic mass is 16.5. The number of ether oxygens (including phenoxy) is 1. The Bertz CT molecular complexity index is 340. The van der Waals surface area contributed by atoms with Gasteiger partial charge >= 0.3 is 5.97 Å². The molecule has 0 bridgehead atoms. The first kappa shape index (κ1) is 10.1. The van der Waals surface area contributed by atoms with Crippen molar-refractivity contribution in [3.63, 3.8) is 0 Å². The summed E-state index contributed by atoms with van der Waals surface area (Å²) in [5.74, 6) is -0.0424. The van der Waals surface area contributed by atoms with Crippen LogP contribution in [0.4, 0.5) is 0 Å². The minimum Gasteiger partial charge on any atom is -0.469 e. The van der Waals surface area contributed by atoms with Gasteiger partial charge in [0.25, 0.3) is 0 Å². The zero-order valence-electron chi connectivity index (χ0n) is 8.64. The summed E-state index contributed by atoms with van der Waals surface area (Å²) in [7, 11) is 1.43. The third-order valence-corrected chi connectivity index (χ3v) is 2.83. The fraction of sp³-hybridized carbons (Fsp3) is 0.455. The van der Waals surface area contributed by atoms with Crippen molar-refractivity contribution in [3.8, 4) is 0 Å². The maximum atomic E-state index is 11.5. The van der Waals surface area contributed by atoms with Crippen LogP contribution < -0.4 is 5.32 Å². The molecule has 1 saturated heterocycles. The highest BCUT2D eigenvalue weighted by molar-refractivity contribution is 5.74. The number of carbonyl (C=O) groups excluding carboxylic acids is 1. The van der Waals surface area contributed by atoms with Crippen molar-refractivity contribution in [1.29, 1.82) is 0 Å². The van der Waals surface area contributed by atoms with Crippen molar-refractivity contribution in [2.24, 2.45) is 5.92 Å². The number of nitrogens with one attached hydrogen (secondary N) is 1. The van der Waals surface area contributed by atoms with Gasteiger partial charge in [-0.2, -0.15) is 0 Å². The Morgan fingerprint density at radius 3 is 3.13 bits per heavy atom. The van der Waals surface area contributed by atoms with Crippen LogP contribution in [0.2, 0.25) is 0 Å². The lowest BCUT2D eigenvalue weighted by molar-refractivity contribution is -0.145. The molecule has 1 aliphatic rings. The smallest absolute Gasteiger partial charge is 0.310 e. The van der Waals surface area contributed by atoms with E-state index < -0.39 is 0 Å². The monoisotopic (exact) mass is 206 g/mol. The lowest BCUT2D eigenvalue weighted by atomic mass is 9.90. The highest BCUT2D eigenvalue weighted by Crippen LogP contribution is 2.28. The molecule has 1 aromatic rings. The van der Waals surface area contributed by atoms with Crippen LogP contribution in [0.25, 0.3) is 0 Å². The van der Waals surface area contributed by atoms with Crippen LogP contribution in [0.5, 0.6) is 0 Å². The molecule has 4 nitrogen and oxygen atoms in total. The lowest BCUT2D eigenvalue weighted by Gasteiger charge is -2.15. The molecule has 0 aliphatic carbocycles. The van der Waals surface area contributed by atoms with Gasteiger partial charge in [0.05, 0.1) is 13.0 Å². The predicted molar refractivity (Wildman–Crippen MR) is 55.4 cm³/mol. The van der Waals surface area contributed by atoms with Gasteiger partial charge in [0, 0.05) is 31.4 Å². The molecule has 2 atom stereocenters. The predicted octanol–water partition coefficient (Wildman–Crippen LogP) is 0.558. The molecule has 0 saturated carbocycles. The van der Waals surface area contributed by atoms with E-state index in [-0.39, 0.29) is 17.8 Å². The molecule has 1 aromatic heterocycles. The normalized spacial score (nSPS) is 25.1. The number of nitrogens with zero attached hydrogens (tertiary/aromatic N) is 1. The summed E-state index contributed by atoms with van der Waals surface area (Å²) < 4.78 is 4.79. The van der Waals surface area contributed by atoms with Gasteiger partial charge in [-0.1, -0.05) is 6.07 Å². The lowest BCUT2D eigenvalue weighted by Crippen LogP contribution is -2.22. The van der Waals surface area contributed by atoms with E-state index in [1.165, 1.54) is 7.11 Å². The zero-order valence-corrected chi connectivity index (χ0v) is 8.64. The number of rotatable bonds is 2. The minimum absolute atomic E-state index is 0.0841. The summed E-state index contributed by atoms with van der Waals surface area (Å²) in [6.07, 6.45) is 3.55. The first-order chi connectivity index (χ1) is 7.33. The number of hydrogen-bond acceptors (Lipinski definition) is 4. The largest absolute Gasteiger partial charge is 0.469 e. The Morgan fingerprint density at radius 1 is 1.60 bits per heavy atom. The molecule has 2 rings (SSSR count). The molecular weight excluding hydrogens is 192 g/mol. The molecule has 0 radical (unpaired) electrons. The Kier molecular flexibility index (Phi) is 2.97. The van der Waals surface area contributed by atoms with Gasteiger partial charge in [0.15, 0.2) is 0 Å². The first-order valence-electron chi connectivity index (χ1n) is 5.01. The maximum Gasteiger partial charge on any atom is 0.310 e. The van der Waals surface area contributed by atoms with Crippen LogP contribution in [0.1, 0.15) is 11.5 Å². The summed E-state index contributed by atoms with van der Waals surface area (Å²) >= 11 is 0. The molecule has 4 heteroatoms. The second-order valence-electron chi connectivity index (χ2n) is 3.68. The molecule has 80 valence electrons. The number of carbonyl (C=O) groups is 1. The number of pyridine rings is 1. The standard InChI is InChI=1S/C11H14N2O2/c1-15-11(14)10-7-13-6-9(10)8-3-2-4-12-5-8/h2-5,9-10,13H,6-7H2,1H3/t9?,10-/m1/s1. The number of aromatic nitrogens is 1. The topological polar surface area (TPSA) is 51.2 Å². The molecule has 1 fully saturated rings. The minimum atomic E-state index is -0.145. The second kappa shape index (κ2) is 4.40. The highest BCUT2D eigenvalue weighted by Gasteiger charge is 2.34. The van der Waals surface area contributed by atoms with E-state index in [0.717, 1.165) is 12.1 Å². The van der Waals surface area contributed by atoms with Crippen molar-refractivity contribution in [2.45, 2.75) is 5.92 Å². The molecule has 0 amide bonds. The summed E-state index contributed by atoms with van der Waals surface area (Å²) in [5, 5.41) is 3.21. The van der Waals surface area contributed by atoms with Gasteiger partial charge in [-0.05, 0) is 11.6 Å². The molecule has 1 unspecified atom stereocenters. The Morgan fingerprint density at radius 2 is 2.47 bits per heavy atom. The van der Waals surface area contributed by atoms with Crippen molar-refractivity contribution in [2.75, 3.05) is 20.2 Å². The van der Waals surface area contributed by atoms with E-state index in [1.807, 2.05) is 18.3 Å². The fourth-order valence-electron chi connectivity index (χ4n) is 2.02. The zero-order chi connectivity index (χ0) is 10.7. The van der Waals surface area contributed by atoms with Crippen molar-refractivity contribution in [1.82, 2.24) is 10.3 Å². The van der Waals surface area contributed by atoms with Crippen LogP contribution in [0, 0.1) is 5.92 Å². The fourth-order valence-corrected chi connectivity index (χ4v) is 2.02. The van der Waals surface area contributed by atoms with E-state index >= 15 is 0 Å². The van der Waals surface area contributed by atoms with Crippen LogP contribution in [-0.2, 0) is 9.53 Å². The van der Waals surface area contributed by atoms with E-state index in [9.17, 15) is 4.79 Å². The van der Waals surface area contributed by atoms with E-state index in [2.05, 4.69) is 10.3 Å². The van der Waals surface area contributed by atoms with Crippen LogP contribution in [0.3, 0.4) is 0 Å². The third-order valence-electron chi connectivity index (χ3n) is 2.83. The number of hydrogen-bond donors (Lipinski definition) is 1. The first-order valence-corrected chi connectivity index (χ1v) is 5.01. The molecule has 1 N–H and O–H groups in total. The van der Waals surface area contributed by atoms with E-state index in [1.54, 1.807) is 6.20 Å². The summed E-state index contributed by atoms with van der Waals surface area (Å²) in [6.45, 7) is 1.50. The quantitative estimate of drug-likeness (QED) is 0.718. The molecule has 2 heterocycles. The molecule has 0 spiro atoms. The molecule has 1 aliphatic heterocycles. The van der Waals surface area contributed by atoms with Crippen LogP contribution in [-0.4, -0.2) is 31.2 Å². The number of esters is 1. The molecule has 0 aromatic carbocycles. The van der Waals surface area contributed by atoms with Crippen LogP contribution in [0.15, 0.2) is 24.5 Å². The maximum absolute atomic E-state index is 11.5. The van der Waals surface area contributed by atoms with E-state index in [0.29, 0.717) is 6.54 Å². The van der Waals surface area contributed by atoms with Gasteiger partial charge in [-0.3, -0.25) is 9.78 Å². The SMILES string of the molecule is COC(=O)[C@@H]1CNCC1c1cccnc1. The average molecular weight is 206 g/mol. The van der Waals surface area contributed by atoms with Crippen LogP contribution >= 0.6 is 0 Å². The Balaban J connectivity index is 2.18. The van der Waals surface area contributed by atoms with Crippen molar-refractivity contribution in [3.05, 3.63) is 30.1 Å². The van der Waals surface area contributed by atoms with Crippen molar-refractivity contribution < 1.29 is 9.53 Å². The van der Waals surface area contributed by atoms with Crippen molar-refractivity contribution >= 4 is 5.97 Å². The molecule has 15 heavy (non-hydrogen) atoms. The van der Waals surface area contributed by atoms with Gasteiger partial charge in [-0.25, -0.2) is 0 Å². The number of methoxy groups -OCH3 is 1. The summed E-state index contributed by atoms with van der Waals surface area (Å²) in [4.78, 5) is 15.6. The second-order valence-corrected chi connectivity index (χ2v) is 3.68. The summed E-state index contributed by atoms with van der Waals surface area (Å²) in [5.41, 5.74) is 1.10. The van der Waals surface area contributed by atoms with Gasteiger partial charge in [0.2, 0.25) is 0 Å². The molecular formula is C11H14N2O2. The Labute approximate surface area is 88.7 Å². The van der Waals surface area contributed by atoms with Gasteiger partial charge in [-0.15, -0.1) is 0 Å².